The minimum Gasteiger partial charge on any atom is -0.363 e. The Hall–Kier alpha value is -3.09. The smallest absolute Gasteiger partial charge is 0.363 e. The molecule has 1 unspecified atom stereocenters. The number of nitrogens with zero attached hydrogens (tertiary/aromatic N) is 2. The van der Waals surface area contributed by atoms with E-state index in [-0.39, 0.29) is 35.4 Å². The second kappa shape index (κ2) is 9.41. The molecule has 1 aliphatic heterocycles. The summed E-state index contributed by atoms with van der Waals surface area (Å²) in [6, 6.07) is 15.3. The molecule has 7 heteroatoms. The van der Waals surface area contributed by atoms with E-state index < -0.39 is 18.3 Å². The Kier molecular flexibility index (Phi) is 6.43. The first-order valence-electron chi connectivity index (χ1n) is 12.7. The van der Waals surface area contributed by atoms with Gasteiger partial charge in [0.25, 0.3) is 0 Å². The Balaban J connectivity index is 1.33. The third-order valence-corrected chi connectivity index (χ3v) is 7.81. The van der Waals surface area contributed by atoms with Crippen LogP contribution in [0.1, 0.15) is 91.0 Å². The predicted molar refractivity (Wildman–Crippen MR) is 134 cm³/mol. The third-order valence-electron chi connectivity index (χ3n) is 7.81. The minimum absolute atomic E-state index is 0.169. The van der Waals surface area contributed by atoms with Crippen LogP contribution in [0.25, 0.3) is 0 Å². The number of aryl methyl sites for hydroxylation is 1. The Morgan fingerprint density at radius 2 is 1.81 bits per heavy atom. The number of carbonyl (C=O) groups excluding carboxylic acids is 1. The molecule has 2 heterocycles. The van der Waals surface area contributed by atoms with Crippen LogP contribution >= 0.6 is 0 Å². The molecule has 1 aromatic heterocycles. The van der Waals surface area contributed by atoms with Gasteiger partial charge in [-0.05, 0) is 53.7 Å². The molecule has 3 aromatic rings. The molecule has 2 aliphatic rings. The van der Waals surface area contributed by atoms with Gasteiger partial charge in [0.2, 0.25) is 0 Å². The van der Waals surface area contributed by atoms with E-state index in [1.807, 2.05) is 30.3 Å². The molecule has 1 aliphatic carbocycles. The molecule has 3 atom stereocenters. The number of Topliss-reactive ketones (excluding diaryl/α,β-unsaturated/α-hetero) is 1. The van der Waals surface area contributed by atoms with E-state index in [0.717, 1.165) is 35.9 Å². The summed E-state index contributed by atoms with van der Waals surface area (Å²) in [7, 11) is 0. The summed E-state index contributed by atoms with van der Waals surface area (Å²) in [5.74, 6) is 0.499. The monoisotopic (exact) mass is 495 g/mol. The van der Waals surface area contributed by atoms with Crippen LogP contribution < -0.4 is 5.32 Å². The van der Waals surface area contributed by atoms with Crippen molar-refractivity contribution < 1.29 is 18.0 Å². The van der Waals surface area contributed by atoms with Gasteiger partial charge in [-0.25, -0.2) is 4.68 Å². The van der Waals surface area contributed by atoms with Crippen molar-refractivity contribution in [3.63, 3.8) is 0 Å². The van der Waals surface area contributed by atoms with Gasteiger partial charge in [-0.3, -0.25) is 4.79 Å². The molecule has 0 saturated heterocycles. The lowest BCUT2D eigenvalue weighted by molar-refractivity contribution is -0.173. The van der Waals surface area contributed by atoms with Crippen molar-refractivity contribution in [1.82, 2.24) is 9.78 Å². The number of ketones is 1. The normalized spacial score (nSPS) is 21.5. The van der Waals surface area contributed by atoms with Crippen LogP contribution in [0.15, 0.2) is 60.8 Å². The number of nitrogens with one attached hydrogen (secondary N) is 1. The zero-order valence-electron chi connectivity index (χ0n) is 20.7. The first kappa shape index (κ1) is 24.6. The summed E-state index contributed by atoms with van der Waals surface area (Å²) in [6.45, 7) is 4.14. The standard InChI is InChI=1S/C29H32F3N3O/c1-28(2,15-14-20-13-12-19-8-6-7-11-22(19)20)17-25(36)23-18-33-35-26(29(30,31)32)16-24(34-27(23)35)21-9-4-3-5-10-21/h3-11,18,20,24,26,34H,12-17H2,1-2H3/t20?,24-,26+/m1/s1. The third kappa shape index (κ3) is 4.93. The molecule has 1 N–H and O–H groups in total. The maximum absolute atomic E-state index is 14.0. The number of carbonyl (C=O) groups is 1. The average Bonchev–Trinajstić information content (AvgIpc) is 3.46. The zero-order valence-corrected chi connectivity index (χ0v) is 20.7. The Morgan fingerprint density at radius 3 is 2.56 bits per heavy atom. The maximum Gasteiger partial charge on any atom is 0.410 e. The topological polar surface area (TPSA) is 46.9 Å². The summed E-state index contributed by atoms with van der Waals surface area (Å²) >= 11 is 0. The van der Waals surface area contributed by atoms with Crippen LogP contribution in [0.2, 0.25) is 0 Å². The number of rotatable bonds is 7. The van der Waals surface area contributed by atoms with Gasteiger partial charge in [0.05, 0.1) is 17.8 Å². The van der Waals surface area contributed by atoms with Gasteiger partial charge < -0.3 is 5.32 Å². The molecular formula is C29H32F3N3O. The first-order chi connectivity index (χ1) is 17.1. The van der Waals surface area contributed by atoms with Crippen molar-refractivity contribution in [1.29, 1.82) is 0 Å². The number of alkyl halides is 3. The zero-order chi connectivity index (χ0) is 25.5. The molecule has 0 radical (unpaired) electrons. The number of hydrogen-bond acceptors (Lipinski definition) is 3. The van der Waals surface area contributed by atoms with Gasteiger partial charge in [0.15, 0.2) is 11.8 Å². The maximum atomic E-state index is 14.0. The summed E-state index contributed by atoms with van der Waals surface area (Å²) in [4.78, 5) is 13.4. The summed E-state index contributed by atoms with van der Waals surface area (Å²) < 4.78 is 42.9. The van der Waals surface area contributed by atoms with E-state index in [0.29, 0.717) is 5.92 Å². The van der Waals surface area contributed by atoms with Crippen LogP contribution in [-0.4, -0.2) is 21.7 Å². The molecule has 0 amide bonds. The van der Waals surface area contributed by atoms with E-state index in [9.17, 15) is 18.0 Å². The van der Waals surface area contributed by atoms with Gasteiger partial charge in [-0.2, -0.15) is 18.3 Å². The molecule has 0 bridgehead atoms. The largest absolute Gasteiger partial charge is 0.410 e. The fourth-order valence-electron chi connectivity index (χ4n) is 5.80. The predicted octanol–water partition coefficient (Wildman–Crippen LogP) is 7.65. The highest BCUT2D eigenvalue weighted by molar-refractivity contribution is 6.00. The molecular weight excluding hydrogens is 463 g/mol. The molecule has 0 fully saturated rings. The highest BCUT2D eigenvalue weighted by atomic mass is 19.4. The van der Waals surface area contributed by atoms with Crippen molar-refractivity contribution in [2.45, 2.75) is 76.6 Å². The highest BCUT2D eigenvalue weighted by Crippen LogP contribution is 2.45. The molecule has 190 valence electrons. The summed E-state index contributed by atoms with van der Waals surface area (Å²) in [6.07, 6.45) is 1.01. The van der Waals surface area contributed by atoms with Crippen molar-refractivity contribution in [3.05, 3.63) is 83.0 Å². The lowest BCUT2D eigenvalue weighted by atomic mass is 9.79. The van der Waals surface area contributed by atoms with Crippen molar-refractivity contribution >= 4 is 11.6 Å². The van der Waals surface area contributed by atoms with Crippen molar-refractivity contribution in [2.75, 3.05) is 5.32 Å². The fraction of sp³-hybridized carbons (Fsp3) is 0.448. The SMILES string of the molecule is CC(C)(CCC1CCc2ccccc21)CC(=O)c1cnn2c1N[C@@H](c1ccccc1)C[C@H]2C(F)(F)F. The van der Waals surface area contributed by atoms with E-state index in [4.69, 9.17) is 0 Å². The highest BCUT2D eigenvalue weighted by Gasteiger charge is 2.47. The summed E-state index contributed by atoms with van der Waals surface area (Å²) in [5, 5.41) is 7.23. The average molecular weight is 496 g/mol. The number of fused-ring (bicyclic) bond motifs is 2. The molecule has 0 spiro atoms. The first-order valence-corrected chi connectivity index (χ1v) is 12.7. The molecule has 0 saturated carbocycles. The fourth-order valence-corrected chi connectivity index (χ4v) is 5.80. The number of halogens is 3. The van der Waals surface area contributed by atoms with Gasteiger partial charge in [-0.15, -0.1) is 0 Å². The van der Waals surface area contributed by atoms with Gasteiger partial charge >= 0.3 is 6.18 Å². The minimum atomic E-state index is -4.47. The molecule has 2 aromatic carbocycles. The van der Waals surface area contributed by atoms with Crippen LogP contribution in [0, 0.1) is 5.41 Å². The van der Waals surface area contributed by atoms with Gasteiger partial charge in [-0.1, -0.05) is 68.4 Å². The van der Waals surface area contributed by atoms with E-state index in [1.165, 1.54) is 17.3 Å². The van der Waals surface area contributed by atoms with Crippen LogP contribution in [0.5, 0.6) is 0 Å². The van der Waals surface area contributed by atoms with Crippen molar-refractivity contribution in [3.8, 4) is 0 Å². The van der Waals surface area contributed by atoms with E-state index in [1.54, 1.807) is 0 Å². The van der Waals surface area contributed by atoms with Gasteiger partial charge in [0, 0.05) is 12.8 Å². The molecule has 5 rings (SSSR count). The second-order valence-corrected chi connectivity index (χ2v) is 11.0. The quantitative estimate of drug-likeness (QED) is 0.343. The number of benzene rings is 2. The van der Waals surface area contributed by atoms with Gasteiger partial charge in [0.1, 0.15) is 5.82 Å². The lowest BCUT2D eigenvalue weighted by Crippen LogP contribution is -2.36. The Morgan fingerprint density at radius 1 is 1.08 bits per heavy atom. The van der Waals surface area contributed by atoms with E-state index in [2.05, 4.69) is 48.5 Å². The van der Waals surface area contributed by atoms with Crippen LogP contribution in [0.4, 0.5) is 19.0 Å². The second-order valence-electron chi connectivity index (χ2n) is 11.0. The Bertz CT molecular complexity index is 1230. The number of aromatic nitrogens is 2. The van der Waals surface area contributed by atoms with Crippen LogP contribution in [0.3, 0.4) is 0 Å². The summed E-state index contributed by atoms with van der Waals surface area (Å²) in [5.41, 5.74) is 3.56. The number of hydrogen-bond donors (Lipinski definition) is 1. The Labute approximate surface area is 209 Å². The molecule has 36 heavy (non-hydrogen) atoms. The number of anilines is 1. The van der Waals surface area contributed by atoms with Crippen LogP contribution in [-0.2, 0) is 6.42 Å². The molecule has 4 nitrogen and oxygen atoms in total. The lowest BCUT2D eigenvalue weighted by Gasteiger charge is -2.34. The van der Waals surface area contributed by atoms with Crippen molar-refractivity contribution in [2.24, 2.45) is 5.41 Å². The van der Waals surface area contributed by atoms with E-state index >= 15 is 0 Å².